The maximum Gasteiger partial charge on any atom is 0.266 e. The Bertz CT molecular complexity index is 1370. The lowest BCUT2D eigenvalue weighted by atomic mass is 9.87. The first-order chi connectivity index (χ1) is 19.2. The Labute approximate surface area is 251 Å². The SMILES string of the molecule is CCOc1cc(/C=C2/SC(=S)N(Cc3ccccc3)C2=O)cc(Cl)c1OCCCOc1ccc(C(C)(C)C)cc1. The first kappa shape index (κ1) is 30.0. The van der Waals surface area contributed by atoms with Crippen molar-refractivity contribution in [1.29, 1.82) is 0 Å². The summed E-state index contributed by atoms with van der Waals surface area (Å²) in [6.45, 7) is 10.3. The van der Waals surface area contributed by atoms with Crippen molar-refractivity contribution in [2.24, 2.45) is 0 Å². The van der Waals surface area contributed by atoms with E-state index < -0.39 is 0 Å². The van der Waals surface area contributed by atoms with Crippen LogP contribution < -0.4 is 14.2 Å². The molecule has 8 heteroatoms. The van der Waals surface area contributed by atoms with Crippen LogP contribution in [0.5, 0.6) is 17.2 Å². The van der Waals surface area contributed by atoms with Crippen LogP contribution in [0.2, 0.25) is 5.02 Å². The Morgan fingerprint density at radius 1 is 0.975 bits per heavy atom. The quantitative estimate of drug-likeness (QED) is 0.126. The summed E-state index contributed by atoms with van der Waals surface area (Å²) in [5.74, 6) is 1.72. The van der Waals surface area contributed by atoms with E-state index in [4.69, 9.17) is 38.0 Å². The molecule has 0 aromatic heterocycles. The van der Waals surface area contributed by atoms with E-state index in [2.05, 4.69) is 32.9 Å². The molecule has 0 N–H and O–H groups in total. The third-order valence-electron chi connectivity index (χ3n) is 6.21. The van der Waals surface area contributed by atoms with E-state index in [1.54, 1.807) is 17.0 Å². The van der Waals surface area contributed by atoms with Gasteiger partial charge in [-0.3, -0.25) is 9.69 Å². The van der Waals surface area contributed by atoms with Crippen LogP contribution in [-0.2, 0) is 16.8 Å². The van der Waals surface area contributed by atoms with Gasteiger partial charge in [0.15, 0.2) is 11.5 Å². The average Bonchev–Trinajstić information content (AvgIpc) is 3.17. The van der Waals surface area contributed by atoms with Crippen molar-refractivity contribution >= 4 is 51.9 Å². The second-order valence-corrected chi connectivity index (χ2v) is 12.4. The van der Waals surface area contributed by atoms with Gasteiger partial charge in [0, 0.05) is 6.42 Å². The minimum Gasteiger partial charge on any atom is -0.493 e. The van der Waals surface area contributed by atoms with E-state index in [0.717, 1.165) is 16.9 Å². The lowest BCUT2D eigenvalue weighted by Gasteiger charge is -2.19. The molecule has 1 fully saturated rings. The summed E-state index contributed by atoms with van der Waals surface area (Å²) in [5, 5.41) is 0.413. The topological polar surface area (TPSA) is 48.0 Å². The molecule has 0 atom stereocenters. The van der Waals surface area contributed by atoms with Crippen molar-refractivity contribution in [3.8, 4) is 17.2 Å². The Morgan fingerprint density at radius 3 is 2.35 bits per heavy atom. The van der Waals surface area contributed by atoms with Gasteiger partial charge >= 0.3 is 0 Å². The summed E-state index contributed by atoms with van der Waals surface area (Å²) in [7, 11) is 0. The molecule has 3 aromatic rings. The van der Waals surface area contributed by atoms with E-state index in [-0.39, 0.29) is 11.3 Å². The molecule has 0 radical (unpaired) electrons. The number of hydrogen-bond acceptors (Lipinski definition) is 6. The van der Waals surface area contributed by atoms with E-state index in [0.29, 0.717) is 58.5 Å². The number of amides is 1. The number of nitrogens with zero attached hydrogens (tertiary/aromatic N) is 1. The molecule has 1 heterocycles. The monoisotopic (exact) mass is 595 g/mol. The van der Waals surface area contributed by atoms with Crippen LogP contribution in [0.3, 0.4) is 0 Å². The summed E-state index contributed by atoms with van der Waals surface area (Å²) in [6.07, 6.45) is 2.47. The lowest BCUT2D eigenvalue weighted by molar-refractivity contribution is -0.122. The number of hydrogen-bond donors (Lipinski definition) is 0. The molecule has 40 heavy (non-hydrogen) atoms. The van der Waals surface area contributed by atoms with E-state index in [1.165, 1.54) is 17.3 Å². The number of rotatable bonds is 11. The van der Waals surface area contributed by atoms with E-state index in [1.807, 2.05) is 55.5 Å². The van der Waals surface area contributed by atoms with Gasteiger partial charge in [0.05, 0.1) is 36.3 Å². The maximum absolute atomic E-state index is 13.1. The normalized spacial score (nSPS) is 14.6. The van der Waals surface area contributed by atoms with Crippen LogP contribution >= 0.6 is 35.6 Å². The maximum atomic E-state index is 13.1. The average molecular weight is 596 g/mol. The van der Waals surface area contributed by atoms with Gasteiger partial charge in [0.2, 0.25) is 0 Å². The minimum absolute atomic E-state index is 0.108. The zero-order chi connectivity index (χ0) is 28.7. The van der Waals surface area contributed by atoms with Crippen LogP contribution in [-0.4, -0.2) is 34.9 Å². The molecule has 5 nitrogen and oxygen atoms in total. The Hall–Kier alpha value is -3.00. The van der Waals surface area contributed by atoms with E-state index in [9.17, 15) is 4.79 Å². The molecule has 0 aliphatic carbocycles. The predicted molar refractivity (Wildman–Crippen MR) is 169 cm³/mol. The Morgan fingerprint density at radius 2 is 1.68 bits per heavy atom. The summed E-state index contributed by atoms with van der Waals surface area (Å²) in [4.78, 5) is 15.3. The number of halogens is 1. The summed E-state index contributed by atoms with van der Waals surface area (Å²) < 4.78 is 18.3. The molecule has 0 bridgehead atoms. The highest BCUT2D eigenvalue weighted by Crippen LogP contribution is 2.39. The highest BCUT2D eigenvalue weighted by molar-refractivity contribution is 8.26. The molecule has 0 spiro atoms. The lowest BCUT2D eigenvalue weighted by Crippen LogP contribution is -2.27. The predicted octanol–water partition coefficient (Wildman–Crippen LogP) is 8.29. The van der Waals surface area contributed by atoms with Gasteiger partial charge in [0.1, 0.15) is 10.1 Å². The molecule has 1 aliphatic heterocycles. The van der Waals surface area contributed by atoms with Gasteiger partial charge in [-0.05, 0) is 59.4 Å². The molecular formula is C32H34ClNO4S2. The van der Waals surface area contributed by atoms with Gasteiger partial charge in [-0.2, -0.15) is 0 Å². The van der Waals surface area contributed by atoms with Crippen LogP contribution in [0.15, 0.2) is 71.6 Å². The third-order valence-corrected chi connectivity index (χ3v) is 7.87. The smallest absolute Gasteiger partial charge is 0.266 e. The van der Waals surface area contributed by atoms with Gasteiger partial charge in [-0.15, -0.1) is 0 Å². The number of ether oxygens (including phenoxy) is 3. The molecule has 0 saturated carbocycles. The van der Waals surface area contributed by atoms with Crippen LogP contribution in [0.1, 0.15) is 50.8 Å². The third kappa shape index (κ3) is 7.80. The summed E-state index contributed by atoms with van der Waals surface area (Å²) in [5.41, 5.74) is 3.13. The highest BCUT2D eigenvalue weighted by Gasteiger charge is 2.32. The zero-order valence-corrected chi connectivity index (χ0v) is 25.6. The van der Waals surface area contributed by atoms with Crippen LogP contribution in [0, 0.1) is 0 Å². The van der Waals surface area contributed by atoms with Crippen molar-refractivity contribution in [2.75, 3.05) is 19.8 Å². The molecular weight excluding hydrogens is 562 g/mol. The van der Waals surface area contributed by atoms with E-state index >= 15 is 0 Å². The molecule has 210 valence electrons. The van der Waals surface area contributed by atoms with Gasteiger partial charge in [-0.25, -0.2) is 0 Å². The van der Waals surface area contributed by atoms with Crippen molar-refractivity contribution in [2.45, 2.75) is 46.1 Å². The summed E-state index contributed by atoms with van der Waals surface area (Å²) in [6, 6.07) is 21.6. The number of thiocarbonyl (C=S) groups is 1. The second kappa shape index (κ2) is 13.6. The largest absolute Gasteiger partial charge is 0.493 e. The molecule has 1 aliphatic rings. The number of carbonyl (C=O) groups excluding carboxylic acids is 1. The molecule has 4 rings (SSSR count). The molecule has 0 unspecified atom stereocenters. The fraction of sp³-hybridized carbons (Fsp3) is 0.312. The Kier molecular flexibility index (Phi) is 10.2. The van der Waals surface area contributed by atoms with Crippen molar-refractivity contribution in [3.63, 3.8) is 0 Å². The van der Waals surface area contributed by atoms with Crippen LogP contribution in [0.4, 0.5) is 0 Å². The summed E-state index contributed by atoms with van der Waals surface area (Å²) >= 11 is 13.4. The van der Waals surface area contributed by atoms with Gasteiger partial charge < -0.3 is 14.2 Å². The number of benzene rings is 3. The molecule has 1 amide bonds. The molecule has 3 aromatic carbocycles. The first-order valence-electron chi connectivity index (χ1n) is 13.3. The van der Waals surface area contributed by atoms with Gasteiger partial charge in [-0.1, -0.05) is 98.8 Å². The number of carbonyl (C=O) groups is 1. The fourth-order valence-electron chi connectivity index (χ4n) is 4.10. The molecule has 1 saturated heterocycles. The second-order valence-electron chi connectivity index (χ2n) is 10.3. The minimum atomic E-state index is -0.124. The zero-order valence-electron chi connectivity index (χ0n) is 23.2. The van der Waals surface area contributed by atoms with Gasteiger partial charge in [0.25, 0.3) is 5.91 Å². The van der Waals surface area contributed by atoms with Crippen molar-refractivity contribution in [3.05, 3.63) is 93.3 Å². The van der Waals surface area contributed by atoms with Crippen molar-refractivity contribution < 1.29 is 19.0 Å². The standard InChI is InChI=1S/C32H34ClNO4S2/c1-5-36-27-19-23(20-28-30(35)34(31(39)40-28)21-22-10-7-6-8-11-22)18-26(33)29(27)38-17-9-16-37-25-14-12-24(13-15-25)32(2,3)4/h6-8,10-15,18-20H,5,9,16-17,21H2,1-4H3/b28-20+. The first-order valence-corrected chi connectivity index (χ1v) is 14.9. The fourth-order valence-corrected chi connectivity index (χ4v) is 5.63. The van der Waals surface area contributed by atoms with Crippen LogP contribution in [0.25, 0.3) is 6.08 Å². The highest BCUT2D eigenvalue weighted by atomic mass is 35.5. The number of thioether (sulfide) groups is 1. The van der Waals surface area contributed by atoms with Crippen molar-refractivity contribution in [1.82, 2.24) is 4.90 Å². The Balaban J connectivity index is 1.37.